The Morgan fingerprint density at radius 2 is 2.08 bits per heavy atom. The molecule has 5 heteroatoms. The number of aliphatic hydroxyl groups excluding tert-OH is 1. The lowest BCUT2D eigenvalue weighted by molar-refractivity contribution is -0.671. The summed E-state index contributed by atoms with van der Waals surface area (Å²) < 4.78 is 3.91. The molecule has 1 aromatic heterocycles. The van der Waals surface area contributed by atoms with Gasteiger partial charge in [0, 0.05) is 6.61 Å². The van der Waals surface area contributed by atoms with E-state index in [-0.39, 0.29) is 29.8 Å². The molecule has 0 spiro atoms. The molecule has 13 heavy (non-hydrogen) atoms. The van der Waals surface area contributed by atoms with Gasteiger partial charge >= 0.3 is 0 Å². The van der Waals surface area contributed by atoms with Crippen LogP contribution in [0.15, 0.2) is 18.7 Å². The molecule has 0 aliphatic carbocycles. The van der Waals surface area contributed by atoms with Crippen LogP contribution in [0.3, 0.4) is 0 Å². The van der Waals surface area contributed by atoms with E-state index in [2.05, 4.69) is 0 Å². The van der Waals surface area contributed by atoms with Gasteiger partial charge in [0.05, 0.1) is 7.05 Å². The quantitative estimate of drug-likeness (QED) is 0.517. The number of imidazole rings is 1. The van der Waals surface area contributed by atoms with Crippen molar-refractivity contribution in [2.75, 3.05) is 6.61 Å². The molecule has 3 N–H and O–H groups in total. The lowest BCUT2D eigenvalue weighted by Gasteiger charge is -1.96. The van der Waals surface area contributed by atoms with Gasteiger partial charge in [-0.2, -0.15) is 0 Å². The van der Waals surface area contributed by atoms with Crippen molar-refractivity contribution in [2.45, 2.75) is 20.0 Å². The van der Waals surface area contributed by atoms with Crippen LogP contribution in [-0.2, 0) is 7.05 Å². The number of nitrogens with zero attached hydrogens (tertiary/aromatic N) is 2. The van der Waals surface area contributed by atoms with Gasteiger partial charge in [0.2, 0.25) is 6.33 Å². The van der Waals surface area contributed by atoms with Crippen LogP contribution >= 0.6 is 0 Å². The number of hydrogen-bond donors (Lipinski definition) is 2. The summed E-state index contributed by atoms with van der Waals surface area (Å²) in [6.07, 6.45) is 5.94. The Kier molecular flexibility index (Phi) is 9.55. The fraction of sp³-hybridized carbons (Fsp3) is 0.625. The van der Waals surface area contributed by atoms with Crippen molar-refractivity contribution in [3.05, 3.63) is 18.7 Å². The Morgan fingerprint density at radius 1 is 1.62 bits per heavy atom. The van der Waals surface area contributed by atoms with Crippen LogP contribution in [0.2, 0.25) is 0 Å². The van der Waals surface area contributed by atoms with Crippen LogP contribution in [-0.4, -0.2) is 16.3 Å². The predicted octanol–water partition coefficient (Wildman–Crippen LogP) is -3.21. The molecule has 1 aromatic rings. The topological polar surface area (TPSA) is 55.1 Å². The molecule has 0 aliphatic heterocycles. The van der Waals surface area contributed by atoms with E-state index in [0.717, 1.165) is 0 Å². The molecule has 0 aromatic carbocycles. The zero-order chi connectivity index (χ0) is 9.56. The monoisotopic (exact) mass is 251 g/mol. The van der Waals surface area contributed by atoms with Gasteiger partial charge in [-0.25, -0.2) is 9.13 Å². The van der Waals surface area contributed by atoms with Gasteiger partial charge in [0.1, 0.15) is 18.6 Å². The van der Waals surface area contributed by atoms with Crippen LogP contribution in [0.5, 0.6) is 0 Å². The second kappa shape index (κ2) is 8.22. The van der Waals surface area contributed by atoms with Crippen LogP contribution < -0.4 is 27.3 Å². The van der Waals surface area contributed by atoms with Crippen LogP contribution in [0.25, 0.3) is 0 Å². The summed E-state index contributed by atoms with van der Waals surface area (Å²) in [4.78, 5) is 0. The van der Waals surface area contributed by atoms with Gasteiger partial charge < -0.3 is 22.1 Å². The third-order valence-electron chi connectivity index (χ3n) is 1.26. The van der Waals surface area contributed by atoms with Crippen molar-refractivity contribution in [1.29, 1.82) is 0 Å². The highest BCUT2D eigenvalue weighted by Crippen LogP contribution is 1.91. The largest absolute Gasteiger partial charge is 1.00 e. The molecule has 0 radical (unpaired) electrons. The molecule has 1 unspecified atom stereocenters. The standard InChI is InChI=1S/C6H12N3.C2H6O.BrH/c1-6(7)9-4-3-8(2)5-9;1-2-3;/h3-6H,7H2,1-2H3;3H,2H2,1H3;1H/q+1;;/p-1. The Balaban J connectivity index is 0. The highest BCUT2D eigenvalue weighted by Gasteiger charge is 2.02. The first kappa shape index (κ1) is 15.1. The van der Waals surface area contributed by atoms with Crippen LogP contribution in [0.1, 0.15) is 20.0 Å². The van der Waals surface area contributed by atoms with Gasteiger partial charge in [-0.15, -0.1) is 0 Å². The summed E-state index contributed by atoms with van der Waals surface area (Å²) in [5.74, 6) is 0. The fourth-order valence-electron chi connectivity index (χ4n) is 0.710. The Morgan fingerprint density at radius 3 is 2.23 bits per heavy atom. The van der Waals surface area contributed by atoms with Gasteiger partial charge in [0.25, 0.3) is 0 Å². The zero-order valence-corrected chi connectivity index (χ0v) is 9.90. The molecule has 0 amide bonds. The van der Waals surface area contributed by atoms with E-state index in [1.807, 2.05) is 41.8 Å². The van der Waals surface area contributed by atoms with E-state index >= 15 is 0 Å². The minimum Gasteiger partial charge on any atom is -1.00 e. The van der Waals surface area contributed by atoms with Gasteiger partial charge in [0.15, 0.2) is 0 Å². The van der Waals surface area contributed by atoms with Crippen LogP contribution in [0.4, 0.5) is 0 Å². The molecular weight excluding hydrogens is 234 g/mol. The number of aryl methyl sites for hydroxylation is 1. The highest BCUT2D eigenvalue weighted by atomic mass is 79.9. The first-order valence-electron chi connectivity index (χ1n) is 4.01. The number of halogens is 1. The summed E-state index contributed by atoms with van der Waals surface area (Å²) >= 11 is 0. The minimum absolute atomic E-state index is 0. The smallest absolute Gasteiger partial charge is 0.244 e. The third-order valence-corrected chi connectivity index (χ3v) is 1.26. The van der Waals surface area contributed by atoms with E-state index in [1.165, 1.54) is 0 Å². The Labute approximate surface area is 89.8 Å². The first-order chi connectivity index (χ1) is 5.61. The summed E-state index contributed by atoms with van der Waals surface area (Å²) in [6, 6.07) is 0. The fourth-order valence-corrected chi connectivity index (χ4v) is 0.710. The highest BCUT2D eigenvalue weighted by molar-refractivity contribution is 4.68. The minimum atomic E-state index is 0. The van der Waals surface area contributed by atoms with E-state index in [9.17, 15) is 0 Å². The number of rotatable bonds is 1. The lowest BCUT2D eigenvalue weighted by Crippen LogP contribution is -3.00. The summed E-state index contributed by atoms with van der Waals surface area (Å²) in [5, 5.41) is 7.57. The van der Waals surface area contributed by atoms with E-state index in [1.54, 1.807) is 6.92 Å². The number of hydrogen-bond acceptors (Lipinski definition) is 2. The number of aliphatic hydroxyl groups is 1. The summed E-state index contributed by atoms with van der Waals surface area (Å²) in [5.41, 5.74) is 5.58. The lowest BCUT2D eigenvalue weighted by atomic mass is 10.6. The maximum absolute atomic E-state index is 7.57. The molecule has 1 atom stereocenters. The summed E-state index contributed by atoms with van der Waals surface area (Å²) in [7, 11) is 1.97. The van der Waals surface area contributed by atoms with Gasteiger partial charge in [-0.05, 0) is 13.8 Å². The number of nitrogens with two attached hydrogens (primary N) is 1. The predicted molar refractivity (Wildman–Crippen MR) is 47.3 cm³/mol. The second-order valence-corrected chi connectivity index (χ2v) is 2.58. The average molecular weight is 252 g/mol. The third kappa shape index (κ3) is 6.74. The normalized spacial score (nSPS) is 10.8. The van der Waals surface area contributed by atoms with Crippen LogP contribution in [0, 0.1) is 0 Å². The van der Waals surface area contributed by atoms with Crippen molar-refractivity contribution in [3.8, 4) is 0 Å². The molecular formula is C8H18BrN3O. The average Bonchev–Trinajstić information content (AvgIpc) is 2.37. The molecule has 1 heterocycles. The first-order valence-corrected chi connectivity index (χ1v) is 4.01. The molecule has 0 fully saturated rings. The van der Waals surface area contributed by atoms with Crippen molar-refractivity contribution in [3.63, 3.8) is 0 Å². The molecule has 0 saturated carbocycles. The van der Waals surface area contributed by atoms with Gasteiger partial charge in [-0.1, -0.05) is 0 Å². The molecule has 0 saturated heterocycles. The zero-order valence-electron chi connectivity index (χ0n) is 8.31. The second-order valence-electron chi connectivity index (χ2n) is 2.58. The van der Waals surface area contributed by atoms with Crippen molar-refractivity contribution in [1.82, 2.24) is 4.57 Å². The van der Waals surface area contributed by atoms with Crippen molar-refractivity contribution >= 4 is 0 Å². The Hall–Kier alpha value is -0.390. The molecule has 4 nitrogen and oxygen atoms in total. The Bertz CT molecular complexity index is 213. The van der Waals surface area contributed by atoms with Crippen molar-refractivity contribution < 1.29 is 26.7 Å². The van der Waals surface area contributed by atoms with Gasteiger partial charge in [-0.3, -0.25) is 5.73 Å². The van der Waals surface area contributed by atoms with E-state index in [0.29, 0.717) is 0 Å². The summed E-state index contributed by atoms with van der Waals surface area (Å²) in [6.45, 7) is 3.88. The SMILES string of the molecule is CC(N)n1cc[n+](C)c1.CCO.[Br-]. The number of aromatic nitrogens is 2. The van der Waals surface area contributed by atoms with Crippen molar-refractivity contribution in [2.24, 2.45) is 12.8 Å². The maximum Gasteiger partial charge on any atom is 0.244 e. The molecule has 0 bridgehead atoms. The molecule has 1 rings (SSSR count). The molecule has 0 aliphatic rings. The maximum atomic E-state index is 7.57. The van der Waals surface area contributed by atoms with E-state index < -0.39 is 0 Å². The molecule has 78 valence electrons. The van der Waals surface area contributed by atoms with E-state index in [4.69, 9.17) is 10.8 Å².